The fraction of sp³-hybridized carbons (Fsp3) is 0.348. The summed E-state index contributed by atoms with van der Waals surface area (Å²) < 4.78 is 5.27. The number of nitrogens with one attached hydrogen (secondary N) is 1. The molecule has 1 heterocycles. The number of hydrogen-bond acceptors (Lipinski definition) is 4. The summed E-state index contributed by atoms with van der Waals surface area (Å²) in [4.78, 5) is 38.3. The molecule has 1 saturated heterocycles. The molecule has 1 aliphatic rings. The number of amides is 3. The van der Waals surface area contributed by atoms with Gasteiger partial charge in [0.2, 0.25) is 0 Å². The normalized spacial score (nSPS) is 19.2. The van der Waals surface area contributed by atoms with E-state index in [2.05, 4.69) is 26.1 Å². The van der Waals surface area contributed by atoms with Crippen molar-refractivity contribution in [3.8, 4) is 0 Å². The second-order valence-corrected chi connectivity index (χ2v) is 8.42. The number of benzene rings is 2. The molecule has 152 valence electrons. The van der Waals surface area contributed by atoms with E-state index in [9.17, 15) is 14.4 Å². The third kappa shape index (κ3) is 4.31. The minimum atomic E-state index is -1.19. The van der Waals surface area contributed by atoms with E-state index < -0.39 is 30.0 Å². The monoisotopic (exact) mass is 394 g/mol. The van der Waals surface area contributed by atoms with Gasteiger partial charge in [0.15, 0.2) is 0 Å². The zero-order chi connectivity index (χ0) is 21.2. The maximum Gasteiger partial charge on any atom is 0.326 e. The molecule has 3 rings (SSSR count). The Morgan fingerprint density at radius 2 is 1.66 bits per heavy atom. The molecular formula is C23H26N2O4. The van der Waals surface area contributed by atoms with E-state index in [4.69, 9.17) is 4.74 Å². The standard InChI is InChI=1S/C23H26N2O4/c1-22(2,3)17-12-10-16(11-13-17)15-29-19(26)14-25-20(27)23(4,24-21(25)28)18-8-6-5-7-9-18/h5-13H,14-15H2,1-4H3,(H,24,28)/t23-/m1/s1. The number of nitrogens with zero attached hydrogens (tertiary/aromatic N) is 1. The molecule has 1 atom stereocenters. The Morgan fingerprint density at radius 3 is 2.24 bits per heavy atom. The topological polar surface area (TPSA) is 75.7 Å². The van der Waals surface area contributed by atoms with Crippen molar-refractivity contribution >= 4 is 17.9 Å². The SMILES string of the molecule is CC(C)(C)c1ccc(COC(=O)CN2C(=O)N[C@](C)(c3ccccc3)C2=O)cc1. The van der Waals surface area contributed by atoms with E-state index in [-0.39, 0.29) is 12.0 Å². The number of carbonyl (C=O) groups excluding carboxylic acids is 3. The van der Waals surface area contributed by atoms with Gasteiger partial charge in [-0.2, -0.15) is 0 Å². The van der Waals surface area contributed by atoms with E-state index in [1.54, 1.807) is 31.2 Å². The van der Waals surface area contributed by atoms with Crippen LogP contribution in [0.4, 0.5) is 4.79 Å². The van der Waals surface area contributed by atoms with Gasteiger partial charge in [-0.3, -0.25) is 14.5 Å². The Labute approximate surface area is 170 Å². The molecular weight excluding hydrogens is 368 g/mol. The van der Waals surface area contributed by atoms with E-state index in [0.29, 0.717) is 5.56 Å². The molecule has 2 aromatic rings. The zero-order valence-corrected chi connectivity index (χ0v) is 17.2. The Hall–Kier alpha value is -3.15. The number of imide groups is 1. The third-order valence-electron chi connectivity index (χ3n) is 5.13. The predicted molar refractivity (Wildman–Crippen MR) is 109 cm³/mol. The molecule has 0 aromatic heterocycles. The van der Waals surface area contributed by atoms with Crippen LogP contribution in [-0.4, -0.2) is 29.4 Å². The first-order chi connectivity index (χ1) is 13.6. The summed E-state index contributed by atoms with van der Waals surface area (Å²) in [5, 5.41) is 2.68. The molecule has 0 aliphatic carbocycles. The lowest BCUT2D eigenvalue weighted by Gasteiger charge is -2.22. The molecule has 2 aromatic carbocycles. The summed E-state index contributed by atoms with van der Waals surface area (Å²) in [6.07, 6.45) is 0. The Bertz CT molecular complexity index is 916. The third-order valence-corrected chi connectivity index (χ3v) is 5.13. The van der Waals surface area contributed by atoms with Crippen LogP contribution in [0, 0.1) is 0 Å². The van der Waals surface area contributed by atoms with Crippen LogP contribution in [0.15, 0.2) is 54.6 Å². The minimum Gasteiger partial charge on any atom is -0.459 e. The molecule has 3 amide bonds. The van der Waals surface area contributed by atoms with Gasteiger partial charge in [-0.15, -0.1) is 0 Å². The highest BCUT2D eigenvalue weighted by Crippen LogP contribution is 2.28. The average Bonchev–Trinajstić information content (AvgIpc) is 2.91. The number of carbonyl (C=O) groups is 3. The molecule has 0 radical (unpaired) electrons. The second kappa shape index (κ2) is 7.70. The van der Waals surface area contributed by atoms with Crippen LogP contribution < -0.4 is 5.32 Å². The molecule has 1 aliphatic heterocycles. The molecule has 0 bridgehead atoms. The second-order valence-electron chi connectivity index (χ2n) is 8.42. The van der Waals surface area contributed by atoms with Gasteiger partial charge in [0.05, 0.1) is 0 Å². The highest BCUT2D eigenvalue weighted by atomic mass is 16.5. The van der Waals surface area contributed by atoms with Gasteiger partial charge < -0.3 is 10.1 Å². The molecule has 0 spiro atoms. The van der Waals surface area contributed by atoms with Crippen LogP contribution in [0.2, 0.25) is 0 Å². The minimum absolute atomic E-state index is 0.0457. The van der Waals surface area contributed by atoms with Gasteiger partial charge in [-0.25, -0.2) is 4.79 Å². The van der Waals surface area contributed by atoms with Crippen LogP contribution in [0.25, 0.3) is 0 Å². The summed E-state index contributed by atoms with van der Waals surface area (Å²) in [7, 11) is 0. The predicted octanol–water partition coefficient (Wildman–Crippen LogP) is 3.49. The summed E-state index contributed by atoms with van der Waals surface area (Å²) >= 11 is 0. The quantitative estimate of drug-likeness (QED) is 0.622. The van der Waals surface area contributed by atoms with Crippen LogP contribution in [-0.2, 0) is 31.9 Å². The van der Waals surface area contributed by atoms with E-state index in [0.717, 1.165) is 10.5 Å². The van der Waals surface area contributed by atoms with E-state index in [1.807, 2.05) is 30.3 Å². The van der Waals surface area contributed by atoms with Gasteiger partial charge in [0.1, 0.15) is 18.7 Å². The highest BCUT2D eigenvalue weighted by Gasteiger charge is 2.49. The molecule has 0 saturated carbocycles. The van der Waals surface area contributed by atoms with Gasteiger partial charge in [0.25, 0.3) is 5.91 Å². The zero-order valence-electron chi connectivity index (χ0n) is 17.2. The molecule has 0 unspecified atom stereocenters. The maximum absolute atomic E-state index is 12.8. The van der Waals surface area contributed by atoms with Crippen molar-refractivity contribution in [2.75, 3.05) is 6.54 Å². The van der Waals surface area contributed by atoms with Crippen molar-refractivity contribution in [2.24, 2.45) is 0 Å². The summed E-state index contributed by atoms with van der Waals surface area (Å²) in [5.41, 5.74) is 1.55. The van der Waals surface area contributed by atoms with Gasteiger partial charge >= 0.3 is 12.0 Å². The van der Waals surface area contributed by atoms with E-state index >= 15 is 0 Å². The number of urea groups is 1. The lowest BCUT2D eigenvalue weighted by Crippen LogP contribution is -2.41. The van der Waals surface area contributed by atoms with Gasteiger partial charge in [-0.05, 0) is 29.0 Å². The van der Waals surface area contributed by atoms with Gasteiger partial charge in [-0.1, -0.05) is 75.4 Å². The average molecular weight is 394 g/mol. The maximum atomic E-state index is 12.8. The number of rotatable bonds is 5. The summed E-state index contributed by atoms with van der Waals surface area (Å²) in [6.45, 7) is 7.68. The van der Waals surface area contributed by atoms with Crippen molar-refractivity contribution < 1.29 is 19.1 Å². The summed E-state index contributed by atoms with van der Waals surface area (Å²) in [6, 6.07) is 16.2. The van der Waals surface area contributed by atoms with Crippen molar-refractivity contribution in [3.63, 3.8) is 0 Å². The lowest BCUT2D eigenvalue weighted by atomic mass is 9.87. The van der Waals surface area contributed by atoms with Crippen LogP contribution >= 0.6 is 0 Å². The highest BCUT2D eigenvalue weighted by molar-refractivity contribution is 6.08. The first kappa shape index (κ1) is 20.6. The van der Waals surface area contributed by atoms with Gasteiger partial charge in [0, 0.05) is 0 Å². The fourth-order valence-corrected chi connectivity index (χ4v) is 3.25. The van der Waals surface area contributed by atoms with Crippen molar-refractivity contribution in [1.29, 1.82) is 0 Å². The van der Waals surface area contributed by atoms with Crippen molar-refractivity contribution in [3.05, 3.63) is 71.3 Å². The largest absolute Gasteiger partial charge is 0.459 e. The first-order valence-corrected chi connectivity index (χ1v) is 9.56. The number of esters is 1. The molecule has 6 nitrogen and oxygen atoms in total. The van der Waals surface area contributed by atoms with E-state index in [1.165, 1.54) is 5.56 Å². The van der Waals surface area contributed by atoms with Crippen LogP contribution in [0.3, 0.4) is 0 Å². The van der Waals surface area contributed by atoms with Crippen molar-refractivity contribution in [2.45, 2.75) is 45.3 Å². The lowest BCUT2D eigenvalue weighted by molar-refractivity contribution is -0.148. The fourth-order valence-electron chi connectivity index (χ4n) is 3.25. The molecule has 29 heavy (non-hydrogen) atoms. The first-order valence-electron chi connectivity index (χ1n) is 9.56. The smallest absolute Gasteiger partial charge is 0.326 e. The Morgan fingerprint density at radius 1 is 1.03 bits per heavy atom. The van der Waals surface area contributed by atoms with Crippen LogP contribution in [0.5, 0.6) is 0 Å². The Kier molecular flexibility index (Phi) is 5.46. The molecule has 6 heteroatoms. The van der Waals surface area contributed by atoms with Crippen LogP contribution in [0.1, 0.15) is 44.4 Å². The number of ether oxygens (including phenoxy) is 1. The molecule has 1 N–H and O–H groups in total. The summed E-state index contributed by atoms with van der Waals surface area (Å²) in [5.74, 6) is -1.11. The Balaban J connectivity index is 1.61. The van der Waals surface area contributed by atoms with Crippen molar-refractivity contribution in [1.82, 2.24) is 10.2 Å². The molecule has 1 fully saturated rings. The number of hydrogen-bond donors (Lipinski definition) is 1.